The Balaban J connectivity index is 1.39. The van der Waals surface area contributed by atoms with Crippen LogP contribution in [0.5, 0.6) is 5.88 Å². The summed E-state index contributed by atoms with van der Waals surface area (Å²) in [5, 5.41) is 3.35. The minimum absolute atomic E-state index is 0.00370. The van der Waals surface area contributed by atoms with Crippen LogP contribution in [-0.4, -0.2) is 37.1 Å². The zero-order valence-corrected chi connectivity index (χ0v) is 16.5. The van der Waals surface area contributed by atoms with Gasteiger partial charge in [0.2, 0.25) is 5.88 Å². The molecule has 4 rings (SSSR count). The van der Waals surface area contributed by atoms with Crippen molar-refractivity contribution in [2.45, 2.75) is 38.2 Å². The highest BCUT2D eigenvalue weighted by Crippen LogP contribution is 2.26. The maximum Gasteiger partial charge on any atom is 0.213 e. The number of ketones is 1. The van der Waals surface area contributed by atoms with E-state index in [4.69, 9.17) is 9.47 Å². The smallest absolute Gasteiger partial charge is 0.213 e. The molecular weight excluding hydrogens is 371 g/mol. The first-order chi connectivity index (χ1) is 14.2. The van der Waals surface area contributed by atoms with E-state index < -0.39 is 5.82 Å². The standard InChI is InChI=1S/C23H27FN2O3/c24-20-14-18(23(27)17-8-12-28-13-9-17)4-5-19(20)15-29-22-3-1-2-21(26-22)16-6-10-25-11-7-16/h1-5,14,16-17,25H,6-13,15H2. The Labute approximate surface area is 170 Å². The van der Waals surface area contributed by atoms with Gasteiger partial charge in [0.25, 0.3) is 0 Å². The van der Waals surface area contributed by atoms with Crippen LogP contribution < -0.4 is 10.1 Å². The average molecular weight is 398 g/mol. The minimum atomic E-state index is -0.419. The lowest BCUT2D eigenvalue weighted by Crippen LogP contribution is -2.27. The first kappa shape index (κ1) is 20.0. The number of ether oxygens (including phenoxy) is 2. The van der Waals surface area contributed by atoms with Crippen LogP contribution in [0.25, 0.3) is 0 Å². The maximum atomic E-state index is 14.6. The molecule has 0 atom stereocenters. The van der Waals surface area contributed by atoms with E-state index >= 15 is 0 Å². The van der Waals surface area contributed by atoms with Gasteiger partial charge >= 0.3 is 0 Å². The Bertz CT molecular complexity index is 846. The Morgan fingerprint density at radius 1 is 1.14 bits per heavy atom. The molecule has 0 saturated carbocycles. The number of nitrogens with zero attached hydrogens (tertiary/aromatic N) is 1. The van der Waals surface area contributed by atoms with Crippen molar-refractivity contribution in [2.75, 3.05) is 26.3 Å². The van der Waals surface area contributed by atoms with E-state index in [1.807, 2.05) is 12.1 Å². The predicted octanol–water partition coefficient (Wildman–Crippen LogP) is 3.88. The number of carbonyl (C=O) groups excluding carboxylic acids is 1. The van der Waals surface area contributed by atoms with Gasteiger partial charge in [-0.05, 0) is 50.9 Å². The van der Waals surface area contributed by atoms with E-state index in [1.165, 1.54) is 6.07 Å². The predicted molar refractivity (Wildman–Crippen MR) is 108 cm³/mol. The summed E-state index contributed by atoms with van der Waals surface area (Å²) in [6.45, 7) is 3.27. The molecule has 0 spiro atoms. The van der Waals surface area contributed by atoms with Crippen LogP contribution >= 0.6 is 0 Å². The third kappa shape index (κ3) is 5.00. The van der Waals surface area contributed by atoms with Crippen LogP contribution in [0.4, 0.5) is 4.39 Å². The fourth-order valence-electron chi connectivity index (χ4n) is 4.02. The number of nitrogens with one attached hydrogen (secondary N) is 1. The van der Waals surface area contributed by atoms with Gasteiger partial charge in [-0.3, -0.25) is 4.79 Å². The molecule has 29 heavy (non-hydrogen) atoms. The largest absolute Gasteiger partial charge is 0.473 e. The van der Waals surface area contributed by atoms with Crippen molar-refractivity contribution >= 4 is 5.78 Å². The maximum absolute atomic E-state index is 14.6. The molecule has 2 fully saturated rings. The monoisotopic (exact) mass is 398 g/mol. The fraction of sp³-hybridized carbons (Fsp3) is 0.478. The Kier molecular flexibility index (Phi) is 6.52. The van der Waals surface area contributed by atoms with Gasteiger partial charge in [0.15, 0.2) is 5.78 Å². The molecule has 1 aromatic carbocycles. The van der Waals surface area contributed by atoms with Gasteiger partial charge in [-0.1, -0.05) is 18.2 Å². The molecule has 0 bridgehead atoms. The van der Waals surface area contributed by atoms with Gasteiger partial charge in [0.05, 0.1) is 0 Å². The molecule has 1 N–H and O–H groups in total. The van der Waals surface area contributed by atoms with Crippen LogP contribution in [0.3, 0.4) is 0 Å². The molecule has 0 radical (unpaired) electrons. The zero-order chi connectivity index (χ0) is 20.1. The van der Waals surface area contributed by atoms with Crippen molar-refractivity contribution < 1.29 is 18.7 Å². The molecule has 2 aliphatic heterocycles. The molecule has 0 aliphatic carbocycles. The summed E-state index contributed by atoms with van der Waals surface area (Å²) in [5.41, 5.74) is 1.87. The summed E-state index contributed by atoms with van der Waals surface area (Å²) in [5.74, 6) is 0.440. The van der Waals surface area contributed by atoms with Gasteiger partial charge in [-0.2, -0.15) is 0 Å². The molecule has 2 aromatic rings. The normalized spacial score (nSPS) is 18.5. The lowest BCUT2D eigenvalue weighted by atomic mass is 9.90. The molecule has 154 valence electrons. The zero-order valence-electron chi connectivity index (χ0n) is 16.5. The van der Waals surface area contributed by atoms with Crippen molar-refractivity contribution in [1.82, 2.24) is 10.3 Å². The quantitative estimate of drug-likeness (QED) is 0.749. The van der Waals surface area contributed by atoms with Crippen molar-refractivity contribution in [1.29, 1.82) is 0 Å². The summed E-state index contributed by atoms with van der Waals surface area (Å²) in [4.78, 5) is 17.2. The summed E-state index contributed by atoms with van der Waals surface area (Å²) < 4.78 is 25.6. The highest BCUT2D eigenvalue weighted by molar-refractivity contribution is 5.97. The number of hydrogen-bond acceptors (Lipinski definition) is 5. The lowest BCUT2D eigenvalue weighted by Gasteiger charge is -2.22. The van der Waals surface area contributed by atoms with E-state index in [9.17, 15) is 9.18 Å². The number of halogens is 1. The second-order valence-corrected chi connectivity index (χ2v) is 7.77. The minimum Gasteiger partial charge on any atom is -0.473 e. The number of rotatable bonds is 6. The van der Waals surface area contributed by atoms with Gasteiger partial charge in [0, 0.05) is 47.9 Å². The van der Waals surface area contributed by atoms with Crippen molar-refractivity contribution in [3.8, 4) is 5.88 Å². The van der Waals surface area contributed by atoms with Crippen LogP contribution in [0.2, 0.25) is 0 Å². The van der Waals surface area contributed by atoms with E-state index in [0.717, 1.165) is 31.6 Å². The van der Waals surface area contributed by atoms with Gasteiger partial charge in [0.1, 0.15) is 12.4 Å². The number of benzene rings is 1. The summed E-state index contributed by atoms with van der Waals surface area (Å²) in [6.07, 6.45) is 3.52. The van der Waals surface area contributed by atoms with Crippen molar-refractivity contribution in [3.63, 3.8) is 0 Å². The van der Waals surface area contributed by atoms with E-state index in [-0.39, 0.29) is 18.3 Å². The molecule has 2 saturated heterocycles. The Morgan fingerprint density at radius 3 is 2.69 bits per heavy atom. The Morgan fingerprint density at radius 2 is 1.93 bits per heavy atom. The van der Waals surface area contributed by atoms with Crippen molar-refractivity contribution in [3.05, 3.63) is 59.0 Å². The number of hydrogen-bond donors (Lipinski definition) is 1. The second kappa shape index (κ2) is 9.46. The molecule has 0 unspecified atom stereocenters. The SMILES string of the molecule is O=C(c1ccc(COc2cccc(C3CCNCC3)n2)c(F)c1)C1CCOCC1. The molecule has 5 nitrogen and oxygen atoms in total. The lowest BCUT2D eigenvalue weighted by molar-refractivity contribution is 0.0544. The van der Waals surface area contributed by atoms with Crippen LogP contribution in [0, 0.1) is 11.7 Å². The fourth-order valence-corrected chi connectivity index (χ4v) is 4.02. The topological polar surface area (TPSA) is 60.5 Å². The van der Waals surface area contributed by atoms with E-state index in [1.54, 1.807) is 18.2 Å². The van der Waals surface area contributed by atoms with Gasteiger partial charge in [-0.25, -0.2) is 9.37 Å². The summed E-state index contributed by atoms with van der Waals surface area (Å²) in [6, 6.07) is 10.4. The van der Waals surface area contributed by atoms with E-state index in [2.05, 4.69) is 10.3 Å². The number of Topliss-reactive ketones (excluding diaryl/α,β-unsaturated/α-hetero) is 1. The van der Waals surface area contributed by atoms with Crippen LogP contribution in [0.1, 0.15) is 53.2 Å². The van der Waals surface area contributed by atoms with Crippen LogP contribution in [0.15, 0.2) is 36.4 Å². The third-order valence-corrected chi connectivity index (χ3v) is 5.81. The third-order valence-electron chi connectivity index (χ3n) is 5.81. The highest BCUT2D eigenvalue weighted by atomic mass is 19.1. The molecule has 0 amide bonds. The first-order valence-electron chi connectivity index (χ1n) is 10.4. The first-order valence-corrected chi connectivity index (χ1v) is 10.4. The van der Waals surface area contributed by atoms with E-state index in [0.29, 0.717) is 49.0 Å². The van der Waals surface area contributed by atoms with Crippen LogP contribution in [-0.2, 0) is 11.3 Å². The second-order valence-electron chi connectivity index (χ2n) is 7.77. The number of pyridine rings is 1. The summed E-state index contributed by atoms with van der Waals surface area (Å²) in [7, 11) is 0. The highest BCUT2D eigenvalue weighted by Gasteiger charge is 2.23. The number of aromatic nitrogens is 1. The molecule has 3 heterocycles. The molecule has 6 heteroatoms. The molecule has 2 aliphatic rings. The van der Waals surface area contributed by atoms with Gasteiger partial charge < -0.3 is 14.8 Å². The Hall–Kier alpha value is -2.31. The molecular formula is C23H27FN2O3. The number of piperidine rings is 1. The van der Waals surface area contributed by atoms with Gasteiger partial charge in [-0.15, -0.1) is 0 Å². The molecule has 1 aromatic heterocycles. The average Bonchev–Trinajstić information content (AvgIpc) is 2.79. The van der Waals surface area contributed by atoms with Crippen molar-refractivity contribution in [2.24, 2.45) is 5.92 Å². The summed E-state index contributed by atoms with van der Waals surface area (Å²) >= 11 is 0. The number of carbonyl (C=O) groups is 1.